The van der Waals surface area contributed by atoms with E-state index in [1.165, 1.54) is 23.5 Å². The van der Waals surface area contributed by atoms with Crippen LogP contribution >= 0.6 is 11.3 Å². The van der Waals surface area contributed by atoms with Crippen molar-refractivity contribution >= 4 is 23.2 Å². The summed E-state index contributed by atoms with van der Waals surface area (Å²) in [5.74, 6) is -1.54. The zero-order valence-electron chi connectivity index (χ0n) is 12.9. The monoisotopic (exact) mass is 348 g/mol. The highest BCUT2D eigenvalue weighted by Crippen LogP contribution is 2.32. The van der Waals surface area contributed by atoms with Gasteiger partial charge < -0.3 is 10.4 Å². The molecule has 5 nitrogen and oxygen atoms in total. The molecule has 0 saturated heterocycles. The molecule has 24 heavy (non-hydrogen) atoms. The SMILES string of the molecule is O=C(Cc1csc(Cc2ccc(F)cc2)n1)NC(C(=O)O)C1CC1. The molecule has 1 atom stereocenters. The molecule has 1 aromatic carbocycles. The van der Waals surface area contributed by atoms with Crippen LogP contribution in [0, 0.1) is 11.7 Å². The molecule has 2 N–H and O–H groups in total. The summed E-state index contributed by atoms with van der Waals surface area (Å²) in [6, 6.07) is 5.42. The molecule has 1 saturated carbocycles. The van der Waals surface area contributed by atoms with Gasteiger partial charge in [0.15, 0.2) is 0 Å². The van der Waals surface area contributed by atoms with Crippen LogP contribution in [0.3, 0.4) is 0 Å². The molecular formula is C17H17FN2O3S. The predicted molar refractivity (Wildman–Crippen MR) is 87.3 cm³/mol. The number of carbonyl (C=O) groups is 2. The maximum atomic E-state index is 12.9. The number of halogens is 1. The van der Waals surface area contributed by atoms with Gasteiger partial charge in [0.2, 0.25) is 5.91 Å². The van der Waals surface area contributed by atoms with E-state index < -0.39 is 12.0 Å². The molecule has 1 aliphatic carbocycles. The van der Waals surface area contributed by atoms with Gasteiger partial charge in [-0.05, 0) is 36.5 Å². The summed E-state index contributed by atoms with van der Waals surface area (Å²) in [6.45, 7) is 0. The smallest absolute Gasteiger partial charge is 0.326 e. The van der Waals surface area contributed by atoms with Gasteiger partial charge in [0.25, 0.3) is 0 Å². The molecule has 3 rings (SSSR count). The van der Waals surface area contributed by atoms with Crippen LogP contribution in [-0.4, -0.2) is 28.0 Å². The molecule has 0 spiro atoms. The highest BCUT2D eigenvalue weighted by molar-refractivity contribution is 7.09. The zero-order valence-corrected chi connectivity index (χ0v) is 13.7. The Kier molecular flexibility index (Phi) is 4.89. The number of carboxylic acid groups (broad SMARTS) is 1. The Morgan fingerprint density at radius 2 is 2.04 bits per heavy atom. The lowest BCUT2D eigenvalue weighted by molar-refractivity contribution is -0.142. The van der Waals surface area contributed by atoms with Gasteiger partial charge in [0.05, 0.1) is 17.1 Å². The fourth-order valence-corrected chi connectivity index (χ4v) is 3.32. The van der Waals surface area contributed by atoms with Gasteiger partial charge in [-0.3, -0.25) is 4.79 Å². The number of hydrogen-bond donors (Lipinski definition) is 2. The first-order valence-corrected chi connectivity index (χ1v) is 8.59. The molecular weight excluding hydrogens is 331 g/mol. The van der Waals surface area contributed by atoms with Crippen LogP contribution in [0.2, 0.25) is 0 Å². The van der Waals surface area contributed by atoms with Crippen molar-refractivity contribution < 1.29 is 19.1 Å². The molecule has 1 amide bonds. The molecule has 0 radical (unpaired) electrons. The molecule has 1 unspecified atom stereocenters. The van der Waals surface area contributed by atoms with Gasteiger partial charge in [0, 0.05) is 11.8 Å². The van der Waals surface area contributed by atoms with Gasteiger partial charge >= 0.3 is 5.97 Å². The Morgan fingerprint density at radius 1 is 1.33 bits per heavy atom. The molecule has 2 aromatic rings. The second-order valence-electron chi connectivity index (χ2n) is 5.93. The van der Waals surface area contributed by atoms with E-state index in [1.54, 1.807) is 17.5 Å². The Labute approximate surface area is 142 Å². The number of hydrogen-bond acceptors (Lipinski definition) is 4. The minimum absolute atomic E-state index is 0.0518. The number of aliphatic carboxylic acids is 1. The van der Waals surface area contributed by atoms with Crippen molar-refractivity contribution in [1.29, 1.82) is 0 Å². The van der Waals surface area contributed by atoms with Crippen molar-refractivity contribution in [2.45, 2.75) is 31.7 Å². The quantitative estimate of drug-likeness (QED) is 0.805. The van der Waals surface area contributed by atoms with Crippen molar-refractivity contribution in [2.75, 3.05) is 0 Å². The van der Waals surface area contributed by atoms with E-state index >= 15 is 0 Å². The van der Waals surface area contributed by atoms with Crippen LogP contribution in [0.15, 0.2) is 29.6 Å². The molecule has 1 heterocycles. The van der Waals surface area contributed by atoms with Gasteiger partial charge in [0.1, 0.15) is 11.9 Å². The molecule has 1 aromatic heterocycles. The van der Waals surface area contributed by atoms with Crippen LogP contribution in [0.5, 0.6) is 0 Å². The average Bonchev–Trinajstić information content (AvgIpc) is 3.28. The molecule has 126 valence electrons. The summed E-state index contributed by atoms with van der Waals surface area (Å²) >= 11 is 1.43. The molecule has 7 heteroatoms. The van der Waals surface area contributed by atoms with Crippen molar-refractivity contribution in [2.24, 2.45) is 5.92 Å². The van der Waals surface area contributed by atoms with E-state index in [0.29, 0.717) is 12.1 Å². The summed E-state index contributed by atoms with van der Waals surface area (Å²) in [5, 5.41) is 14.3. The van der Waals surface area contributed by atoms with Gasteiger partial charge in [-0.1, -0.05) is 12.1 Å². The Hall–Kier alpha value is -2.28. The third-order valence-electron chi connectivity index (χ3n) is 3.89. The summed E-state index contributed by atoms with van der Waals surface area (Å²) in [6.07, 6.45) is 2.33. The lowest BCUT2D eigenvalue weighted by atomic mass is 10.1. The lowest BCUT2D eigenvalue weighted by Gasteiger charge is -2.12. The summed E-state index contributed by atoms with van der Waals surface area (Å²) in [5.41, 5.74) is 1.57. The number of aromatic nitrogens is 1. The van der Waals surface area contributed by atoms with Crippen LogP contribution in [0.1, 0.15) is 29.1 Å². The van der Waals surface area contributed by atoms with Crippen molar-refractivity contribution in [1.82, 2.24) is 10.3 Å². The maximum Gasteiger partial charge on any atom is 0.326 e. The van der Waals surface area contributed by atoms with Crippen LogP contribution in [0.25, 0.3) is 0 Å². The standard InChI is InChI=1S/C17H17FN2O3S/c18-12-5-1-10(2-6-12)7-15-19-13(9-24-15)8-14(21)20-16(17(22)23)11-3-4-11/h1-2,5-6,9,11,16H,3-4,7-8H2,(H,20,21)(H,22,23). The summed E-state index contributed by atoms with van der Waals surface area (Å²) < 4.78 is 12.9. The van der Waals surface area contributed by atoms with E-state index in [9.17, 15) is 14.0 Å². The highest BCUT2D eigenvalue weighted by atomic mass is 32.1. The topological polar surface area (TPSA) is 79.3 Å². The predicted octanol–water partition coefficient (Wildman–Crippen LogP) is 2.39. The van der Waals surface area contributed by atoms with E-state index in [1.807, 2.05) is 0 Å². The third kappa shape index (κ3) is 4.38. The van der Waals surface area contributed by atoms with Crippen molar-refractivity contribution in [3.8, 4) is 0 Å². The molecule has 0 bridgehead atoms. The first-order valence-electron chi connectivity index (χ1n) is 7.71. The van der Waals surface area contributed by atoms with E-state index in [2.05, 4.69) is 10.3 Å². The Bertz CT molecular complexity index is 741. The fourth-order valence-electron chi connectivity index (χ4n) is 2.49. The molecule has 0 aliphatic heterocycles. The van der Waals surface area contributed by atoms with Crippen molar-refractivity contribution in [3.05, 3.63) is 51.7 Å². The largest absolute Gasteiger partial charge is 0.480 e. The first kappa shape index (κ1) is 16.6. The van der Waals surface area contributed by atoms with Crippen molar-refractivity contribution in [3.63, 3.8) is 0 Å². The Morgan fingerprint density at radius 3 is 2.67 bits per heavy atom. The Balaban J connectivity index is 1.56. The zero-order chi connectivity index (χ0) is 17.1. The summed E-state index contributed by atoms with van der Waals surface area (Å²) in [7, 11) is 0. The normalized spacial score (nSPS) is 15.0. The number of nitrogens with one attached hydrogen (secondary N) is 1. The molecule has 1 aliphatic rings. The number of benzene rings is 1. The third-order valence-corrected chi connectivity index (χ3v) is 4.78. The van der Waals surface area contributed by atoms with Gasteiger partial charge in [-0.25, -0.2) is 14.2 Å². The lowest BCUT2D eigenvalue weighted by Crippen LogP contribution is -2.43. The number of nitrogens with zero attached hydrogens (tertiary/aromatic N) is 1. The maximum absolute atomic E-state index is 12.9. The average molecular weight is 348 g/mol. The molecule has 1 fully saturated rings. The van der Waals surface area contributed by atoms with Crippen LogP contribution in [0.4, 0.5) is 4.39 Å². The number of carbonyl (C=O) groups excluding carboxylic acids is 1. The highest BCUT2D eigenvalue weighted by Gasteiger charge is 2.37. The van der Waals surface area contributed by atoms with Crippen LogP contribution < -0.4 is 5.32 Å². The fraction of sp³-hybridized carbons (Fsp3) is 0.353. The minimum atomic E-state index is -0.985. The van der Waals surface area contributed by atoms with Gasteiger partial charge in [-0.2, -0.15) is 0 Å². The number of rotatable bonds is 7. The van der Waals surface area contributed by atoms with E-state index in [4.69, 9.17) is 5.11 Å². The minimum Gasteiger partial charge on any atom is -0.480 e. The number of carboxylic acids is 1. The number of thiazole rings is 1. The van der Waals surface area contributed by atoms with Crippen LogP contribution in [-0.2, 0) is 22.4 Å². The van der Waals surface area contributed by atoms with Gasteiger partial charge in [-0.15, -0.1) is 11.3 Å². The van der Waals surface area contributed by atoms with E-state index in [0.717, 1.165) is 23.4 Å². The number of amides is 1. The van der Waals surface area contributed by atoms with E-state index in [-0.39, 0.29) is 24.1 Å². The first-order chi connectivity index (χ1) is 11.5. The second kappa shape index (κ2) is 7.09. The second-order valence-corrected chi connectivity index (χ2v) is 6.88. The summed E-state index contributed by atoms with van der Waals surface area (Å²) in [4.78, 5) is 27.6.